The molecule has 7 heteroatoms. The average Bonchev–Trinajstić information content (AvgIpc) is 3.38. The van der Waals surface area contributed by atoms with E-state index in [1.165, 1.54) is 26.0 Å². The van der Waals surface area contributed by atoms with E-state index >= 15 is 0 Å². The van der Waals surface area contributed by atoms with Gasteiger partial charge < -0.3 is 25.0 Å². The number of benzene rings is 2. The van der Waals surface area contributed by atoms with Crippen LogP contribution < -0.4 is 15.4 Å². The number of hydrogen-bond acceptors (Lipinski definition) is 3. The first-order valence-electron chi connectivity index (χ1n) is 10.1. The summed E-state index contributed by atoms with van der Waals surface area (Å²) in [6.07, 6.45) is 6.38. The molecule has 3 aromatic rings. The summed E-state index contributed by atoms with van der Waals surface area (Å²) in [4.78, 5) is 23.5. The van der Waals surface area contributed by atoms with Crippen LogP contribution in [-0.4, -0.2) is 34.8 Å². The Kier molecular flexibility index (Phi) is 5.61. The maximum atomic E-state index is 12.3. The van der Waals surface area contributed by atoms with Crippen molar-refractivity contribution in [1.29, 1.82) is 0 Å². The molecular weight excluding hydrogens is 382 g/mol. The van der Waals surface area contributed by atoms with Gasteiger partial charge in [0.1, 0.15) is 5.75 Å². The highest BCUT2D eigenvalue weighted by Crippen LogP contribution is 2.26. The molecule has 2 aromatic carbocycles. The number of carbonyl (C=O) groups excluding carboxylic acids is 1. The van der Waals surface area contributed by atoms with Crippen LogP contribution in [0.15, 0.2) is 48.7 Å². The number of carboxylic acid groups (broad SMARTS) is 1. The number of carboxylic acids is 1. The van der Waals surface area contributed by atoms with E-state index in [1.54, 1.807) is 12.1 Å². The maximum absolute atomic E-state index is 12.3. The highest BCUT2D eigenvalue weighted by Gasteiger charge is 2.17. The molecule has 156 valence electrons. The van der Waals surface area contributed by atoms with Crippen molar-refractivity contribution in [1.82, 2.24) is 9.88 Å². The minimum Gasteiger partial charge on any atom is -0.496 e. The van der Waals surface area contributed by atoms with E-state index in [1.807, 2.05) is 35.0 Å². The quantitative estimate of drug-likeness (QED) is 0.562. The largest absolute Gasteiger partial charge is 0.496 e. The Morgan fingerprint density at radius 3 is 2.67 bits per heavy atom. The van der Waals surface area contributed by atoms with Gasteiger partial charge in [-0.2, -0.15) is 0 Å². The summed E-state index contributed by atoms with van der Waals surface area (Å²) in [6, 6.07) is 12.8. The molecule has 30 heavy (non-hydrogen) atoms. The number of anilines is 1. The van der Waals surface area contributed by atoms with Gasteiger partial charge in [0, 0.05) is 23.5 Å². The van der Waals surface area contributed by atoms with Crippen molar-refractivity contribution in [3.63, 3.8) is 0 Å². The molecule has 7 nitrogen and oxygen atoms in total. The fraction of sp³-hybridized carbons (Fsp3) is 0.304. The zero-order valence-corrected chi connectivity index (χ0v) is 16.9. The van der Waals surface area contributed by atoms with Crippen molar-refractivity contribution in [2.24, 2.45) is 0 Å². The van der Waals surface area contributed by atoms with E-state index in [0.29, 0.717) is 12.3 Å². The number of amides is 2. The van der Waals surface area contributed by atoms with Crippen LogP contribution in [-0.2, 0) is 6.54 Å². The normalized spacial score (nSPS) is 14.0. The molecule has 0 atom stereocenters. The number of hydrogen-bond donors (Lipinski definition) is 3. The molecule has 2 amide bonds. The highest BCUT2D eigenvalue weighted by atomic mass is 16.5. The number of fused-ring (bicyclic) bond motifs is 1. The van der Waals surface area contributed by atoms with E-state index < -0.39 is 5.97 Å². The molecule has 1 fully saturated rings. The molecule has 3 N–H and O–H groups in total. The third-order valence-electron chi connectivity index (χ3n) is 5.60. The summed E-state index contributed by atoms with van der Waals surface area (Å²) in [5.41, 5.74) is 2.76. The van der Waals surface area contributed by atoms with E-state index in [4.69, 9.17) is 4.74 Å². The van der Waals surface area contributed by atoms with Crippen LogP contribution in [0.5, 0.6) is 5.75 Å². The third-order valence-corrected chi connectivity index (χ3v) is 5.60. The number of carbonyl (C=O) groups is 2. The fourth-order valence-electron chi connectivity index (χ4n) is 4.01. The lowest BCUT2D eigenvalue weighted by Crippen LogP contribution is -2.36. The Balaban J connectivity index is 1.54. The van der Waals surface area contributed by atoms with Gasteiger partial charge in [-0.3, -0.25) is 0 Å². The van der Waals surface area contributed by atoms with Crippen molar-refractivity contribution < 1.29 is 19.4 Å². The van der Waals surface area contributed by atoms with Crippen LogP contribution >= 0.6 is 0 Å². The number of ether oxygens (including phenoxy) is 1. The number of methoxy groups -OCH3 is 1. The Labute approximate surface area is 174 Å². The van der Waals surface area contributed by atoms with Crippen LogP contribution in [0.3, 0.4) is 0 Å². The molecule has 1 heterocycles. The fourth-order valence-corrected chi connectivity index (χ4v) is 4.01. The third kappa shape index (κ3) is 4.25. The first-order valence-corrected chi connectivity index (χ1v) is 10.1. The SMILES string of the molecule is COc1cc(C(=O)O)ccc1Cn1ccc2ccc(NC(=O)NC3CCCC3)cc21. The lowest BCUT2D eigenvalue weighted by Gasteiger charge is -2.14. The van der Waals surface area contributed by atoms with Gasteiger partial charge in [0.05, 0.1) is 24.7 Å². The second kappa shape index (κ2) is 8.49. The zero-order valence-electron chi connectivity index (χ0n) is 16.9. The molecule has 4 rings (SSSR count). The minimum atomic E-state index is -0.988. The second-order valence-electron chi connectivity index (χ2n) is 7.63. The van der Waals surface area contributed by atoms with Gasteiger partial charge in [-0.05, 0) is 48.6 Å². The van der Waals surface area contributed by atoms with Crippen molar-refractivity contribution in [2.75, 3.05) is 12.4 Å². The van der Waals surface area contributed by atoms with E-state index in [9.17, 15) is 14.7 Å². The van der Waals surface area contributed by atoms with E-state index in [0.717, 1.165) is 35.0 Å². The van der Waals surface area contributed by atoms with Crippen molar-refractivity contribution in [2.45, 2.75) is 38.3 Å². The van der Waals surface area contributed by atoms with Crippen molar-refractivity contribution in [3.05, 3.63) is 59.8 Å². The van der Waals surface area contributed by atoms with Gasteiger partial charge in [0.2, 0.25) is 0 Å². The van der Waals surface area contributed by atoms with E-state index in [2.05, 4.69) is 10.6 Å². The van der Waals surface area contributed by atoms with Gasteiger partial charge in [-0.1, -0.05) is 25.0 Å². The monoisotopic (exact) mass is 407 g/mol. The van der Waals surface area contributed by atoms with Gasteiger partial charge in [-0.15, -0.1) is 0 Å². The molecule has 1 aliphatic rings. The summed E-state index contributed by atoms with van der Waals surface area (Å²) in [7, 11) is 1.53. The average molecular weight is 407 g/mol. The van der Waals surface area contributed by atoms with Crippen LogP contribution in [0.2, 0.25) is 0 Å². The molecule has 1 saturated carbocycles. The van der Waals surface area contributed by atoms with Gasteiger partial charge in [0.15, 0.2) is 0 Å². The summed E-state index contributed by atoms with van der Waals surface area (Å²) >= 11 is 0. The molecule has 1 aliphatic carbocycles. The number of rotatable bonds is 6. The smallest absolute Gasteiger partial charge is 0.335 e. The summed E-state index contributed by atoms with van der Waals surface area (Å²) in [5.74, 6) is -0.458. The van der Waals surface area contributed by atoms with Crippen LogP contribution in [0, 0.1) is 0 Å². The van der Waals surface area contributed by atoms with Gasteiger partial charge in [-0.25, -0.2) is 9.59 Å². The topological polar surface area (TPSA) is 92.6 Å². The molecule has 0 aliphatic heterocycles. The number of urea groups is 1. The summed E-state index contributed by atoms with van der Waals surface area (Å²) in [6.45, 7) is 0.518. The molecule has 1 aromatic heterocycles. The van der Waals surface area contributed by atoms with Crippen molar-refractivity contribution in [3.8, 4) is 5.75 Å². The van der Waals surface area contributed by atoms with Crippen LogP contribution in [0.1, 0.15) is 41.6 Å². The van der Waals surface area contributed by atoms with Crippen molar-refractivity contribution >= 4 is 28.6 Å². The lowest BCUT2D eigenvalue weighted by atomic mass is 10.1. The number of aromatic carboxylic acids is 1. The molecule has 0 unspecified atom stereocenters. The first kappa shape index (κ1) is 19.8. The first-order chi connectivity index (χ1) is 14.5. The van der Waals surface area contributed by atoms with E-state index in [-0.39, 0.29) is 17.6 Å². The number of nitrogens with one attached hydrogen (secondary N) is 2. The highest BCUT2D eigenvalue weighted by molar-refractivity contribution is 5.93. The minimum absolute atomic E-state index is 0.176. The standard InChI is InChI=1S/C23H25N3O4/c1-30-21-12-16(22(27)28)6-7-17(21)14-26-11-10-15-8-9-19(13-20(15)26)25-23(29)24-18-4-2-3-5-18/h6-13,18H,2-5,14H2,1H3,(H,27,28)(H2,24,25,29). The molecule has 0 radical (unpaired) electrons. The Bertz CT molecular complexity index is 1080. The molecule has 0 saturated heterocycles. The maximum Gasteiger partial charge on any atom is 0.335 e. The number of aromatic nitrogens is 1. The predicted octanol–water partition coefficient (Wildman–Crippen LogP) is 4.46. The molecular formula is C23H25N3O4. The Morgan fingerprint density at radius 1 is 1.13 bits per heavy atom. The van der Waals surface area contributed by atoms with Gasteiger partial charge in [0.25, 0.3) is 0 Å². The lowest BCUT2D eigenvalue weighted by molar-refractivity contribution is 0.0696. The zero-order chi connectivity index (χ0) is 21.1. The van der Waals surface area contributed by atoms with Gasteiger partial charge >= 0.3 is 12.0 Å². The predicted molar refractivity (Wildman–Crippen MR) is 115 cm³/mol. The Morgan fingerprint density at radius 2 is 1.93 bits per heavy atom. The second-order valence-corrected chi connectivity index (χ2v) is 7.63. The van der Waals surface area contributed by atoms with Crippen LogP contribution in [0.4, 0.5) is 10.5 Å². The summed E-state index contributed by atoms with van der Waals surface area (Å²) in [5, 5.41) is 16.2. The molecule has 0 spiro atoms. The number of nitrogens with zero attached hydrogens (tertiary/aromatic N) is 1. The Hall–Kier alpha value is -3.48. The summed E-state index contributed by atoms with van der Waals surface area (Å²) < 4.78 is 7.44. The van der Waals surface area contributed by atoms with Crippen LogP contribution in [0.25, 0.3) is 10.9 Å². The molecule has 0 bridgehead atoms.